The molecule has 0 aromatic rings. The Hall–Kier alpha value is -2.39. The van der Waals surface area contributed by atoms with Crippen LogP contribution in [0.2, 0.25) is 0 Å². The van der Waals surface area contributed by atoms with Crippen LogP contribution in [-0.2, 0) is 38.7 Å². The molecule has 13 heteroatoms. The predicted molar refractivity (Wildman–Crippen MR) is 261 cm³/mol. The zero-order valence-corrected chi connectivity index (χ0v) is 41.4. The molecule has 6 atom stereocenters. The summed E-state index contributed by atoms with van der Waals surface area (Å²) in [5.41, 5.74) is 0. The van der Waals surface area contributed by atoms with Gasteiger partial charge in [-0.15, -0.1) is 0 Å². The van der Waals surface area contributed by atoms with E-state index in [-0.39, 0.29) is 19.4 Å². The van der Waals surface area contributed by atoms with Gasteiger partial charge in [0.05, 0.1) is 6.61 Å². The molecule has 0 aromatic heterocycles. The van der Waals surface area contributed by atoms with Crippen LogP contribution in [0.15, 0.2) is 48.6 Å². The van der Waals surface area contributed by atoms with Crippen molar-refractivity contribution in [2.75, 3.05) is 19.0 Å². The number of unbranched alkanes of at least 4 members (excludes halogenated alkanes) is 23. The van der Waals surface area contributed by atoms with Gasteiger partial charge in [-0.05, 0) is 51.4 Å². The number of aliphatic hydroxyl groups is 3. The van der Waals surface area contributed by atoms with Gasteiger partial charge in [-0.3, -0.25) is 14.1 Å². The molecule has 1 rings (SSSR count). The standard InChI is InChI=1S/C52H92O12S/c1-3-5-7-9-11-13-15-17-19-21-22-23-24-25-27-28-30-32-34-36-38-40-47(53)61-42-45(43-62-52-51(57)50(56)49(55)46(64-52)44-65(58,59)60)63-48(54)41-39-37-35-33-31-29-26-20-18-16-14-12-10-8-6-4-2/h19,21,23-24,27-28,32,34,45-46,49-52,55-57H,3-18,20,22,25-26,29-31,33,35-44H2,1-2H3,(H,58,59,60)/b21-19+,24-23+,28-27+,34-32+/t45-,46-,49-,50?,51?,52+/m1/s1. The SMILES string of the molecule is CCCCCCCCC/C=C/C/C=C/C/C=C/C/C=C/CCCC(=O)OC[C@H](CO[C@H]1O[C@H](CS(=O)(=O)O)[C@@H](O)C(O)C1O)OC(=O)CCCCCCCCCCCCCCCCCC. The minimum atomic E-state index is -4.61. The number of carbonyl (C=O) groups is 2. The first-order chi connectivity index (χ1) is 31.5. The highest BCUT2D eigenvalue weighted by molar-refractivity contribution is 7.85. The molecule has 1 aliphatic heterocycles. The van der Waals surface area contributed by atoms with E-state index in [9.17, 15) is 37.9 Å². The van der Waals surface area contributed by atoms with E-state index >= 15 is 0 Å². The lowest BCUT2D eigenvalue weighted by Gasteiger charge is -2.40. The Morgan fingerprint density at radius 1 is 0.523 bits per heavy atom. The van der Waals surface area contributed by atoms with Crippen LogP contribution in [0.25, 0.3) is 0 Å². The number of esters is 2. The molecular formula is C52H92O12S. The highest BCUT2D eigenvalue weighted by atomic mass is 32.2. The number of aliphatic hydroxyl groups excluding tert-OH is 3. The Morgan fingerprint density at radius 3 is 1.42 bits per heavy atom. The quantitative estimate of drug-likeness (QED) is 0.0196. The van der Waals surface area contributed by atoms with Gasteiger partial charge in [0.2, 0.25) is 0 Å². The molecule has 0 spiro atoms. The first-order valence-corrected chi connectivity index (χ1v) is 27.3. The molecule has 0 bridgehead atoms. The number of carbonyl (C=O) groups excluding carboxylic acids is 2. The van der Waals surface area contributed by atoms with Crippen molar-refractivity contribution in [3.8, 4) is 0 Å². The largest absolute Gasteiger partial charge is 0.462 e. The third-order valence-electron chi connectivity index (χ3n) is 11.7. The van der Waals surface area contributed by atoms with Crippen LogP contribution < -0.4 is 0 Å². The molecule has 1 heterocycles. The lowest BCUT2D eigenvalue weighted by atomic mass is 10.00. The first kappa shape index (κ1) is 60.6. The summed E-state index contributed by atoms with van der Waals surface area (Å²) in [4.78, 5) is 25.5. The Balaban J connectivity index is 2.42. The van der Waals surface area contributed by atoms with Gasteiger partial charge in [0.15, 0.2) is 12.4 Å². The van der Waals surface area contributed by atoms with Gasteiger partial charge in [-0.1, -0.05) is 197 Å². The van der Waals surface area contributed by atoms with Crippen LogP contribution in [0, 0.1) is 0 Å². The molecule has 1 aliphatic rings. The summed E-state index contributed by atoms with van der Waals surface area (Å²) in [7, 11) is -4.61. The summed E-state index contributed by atoms with van der Waals surface area (Å²) in [5.74, 6) is -2.05. The van der Waals surface area contributed by atoms with Crippen molar-refractivity contribution in [2.24, 2.45) is 0 Å². The van der Waals surface area contributed by atoms with E-state index in [4.69, 9.17) is 18.9 Å². The Labute approximate surface area is 394 Å². The molecule has 378 valence electrons. The minimum Gasteiger partial charge on any atom is -0.462 e. The van der Waals surface area contributed by atoms with Crippen molar-refractivity contribution in [2.45, 2.75) is 250 Å². The van der Waals surface area contributed by atoms with Crippen LogP contribution in [0.5, 0.6) is 0 Å². The monoisotopic (exact) mass is 941 g/mol. The summed E-state index contributed by atoms with van der Waals surface area (Å²) in [6, 6.07) is 0. The second-order valence-corrected chi connectivity index (χ2v) is 19.3. The van der Waals surface area contributed by atoms with E-state index in [1.165, 1.54) is 128 Å². The third kappa shape index (κ3) is 36.3. The smallest absolute Gasteiger partial charge is 0.306 e. The van der Waals surface area contributed by atoms with Crippen molar-refractivity contribution in [1.29, 1.82) is 0 Å². The molecule has 0 saturated carbocycles. The Bertz CT molecular complexity index is 1380. The van der Waals surface area contributed by atoms with Crippen LogP contribution in [0.3, 0.4) is 0 Å². The molecule has 0 aliphatic carbocycles. The zero-order chi connectivity index (χ0) is 47.6. The van der Waals surface area contributed by atoms with Gasteiger partial charge in [-0.25, -0.2) is 0 Å². The minimum absolute atomic E-state index is 0.144. The summed E-state index contributed by atoms with van der Waals surface area (Å²) < 4.78 is 54.2. The number of hydrogen-bond donors (Lipinski definition) is 4. The molecular weight excluding hydrogens is 849 g/mol. The van der Waals surface area contributed by atoms with Crippen molar-refractivity contribution in [3.63, 3.8) is 0 Å². The number of allylic oxidation sites excluding steroid dienone is 8. The highest BCUT2D eigenvalue weighted by Gasteiger charge is 2.46. The first-order valence-electron chi connectivity index (χ1n) is 25.7. The van der Waals surface area contributed by atoms with E-state index in [1.807, 2.05) is 6.08 Å². The number of hydrogen-bond acceptors (Lipinski definition) is 11. The van der Waals surface area contributed by atoms with E-state index in [0.29, 0.717) is 19.3 Å². The molecule has 0 amide bonds. The molecule has 2 unspecified atom stereocenters. The summed E-state index contributed by atoms with van der Waals surface area (Å²) in [6.07, 6.45) is 41.6. The van der Waals surface area contributed by atoms with Crippen LogP contribution >= 0.6 is 0 Å². The van der Waals surface area contributed by atoms with Crippen molar-refractivity contribution in [1.82, 2.24) is 0 Å². The predicted octanol–water partition coefficient (Wildman–Crippen LogP) is 11.5. The zero-order valence-electron chi connectivity index (χ0n) is 40.6. The second kappa shape index (κ2) is 41.8. The van der Waals surface area contributed by atoms with Gasteiger partial charge in [-0.2, -0.15) is 8.42 Å². The molecule has 0 aromatic carbocycles. The van der Waals surface area contributed by atoms with E-state index in [2.05, 4.69) is 56.4 Å². The van der Waals surface area contributed by atoms with Crippen LogP contribution in [0.1, 0.15) is 213 Å². The van der Waals surface area contributed by atoms with E-state index < -0.39 is 71.2 Å². The maximum Gasteiger partial charge on any atom is 0.306 e. The van der Waals surface area contributed by atoms with Crippen LogP contribution in [0.4, 0.5) is 0 Å². The summed E-state index contributed by atoms with van der Waals surface area (Å²) in [5, 5.41) is 31.0. The lowest BCUT2D eigenvalue weighted by molar-refractivity contribution is -0.297. The Kier molecular flexibility index (Phi) is 39.0. The van der Waals surface area contributed by atoms with E-state index in [1.54, 1.807) is 0 Å². The van der Waals surface area contributed by atoms with Crippen molar-refractivity contribution >= 4 is 22.1 Å². The van der Waals surface area contributed by atoms with E-state index in [0.717, 1.165) is 38.5 Å². The van der Waals surface area contributed by atoms with Gasteiger partial charge in [0.25, 0.3) is 10.1 Å². The molecule has 0 radical (unpaired) electrons. The molecule has 1 saturated heterocycles. The average molecular weight is 941 g/mol. The molecule has 1 fully saturated rings. The van der Waals surface area contributed by atoms with Crippen molar-refractivity contribution < 1.29 is 56.8 Å². The molecule has 4 N–H and O–H groups in total. The summed E-state index contributed by atoms with van der Waals surface area (Å²) >= 11 is 0. The van der Waals surface area contributed by atoms with Gasteiger partial charge in [0, 0.05) is 12.8 Å². The molecule has 65 heavy (non-hydrogen) atoms. The maximum atomic E-state index is 12.9. The maximum absolute atomic E-state index is 12.9. The summed E-state index contributed by atoms with van der Waals surface area (Å²) in [6.45, 7) is 3.74. The van der Waals surface area contributed by atoms with Gasteiger partial charge in [0.1, 0.15) is 36.8 Å². The van der Waals surface area contributed by atoms with Crippen LogP contribution in [-0.4, -0.2) is 96.0 Å². The fraction of sp³-hybridized carbons (Fsp3) is 0.808. The lowest BCUT2D eigenvalue weighted by Crippen LogP contribution is -2.60. The van der Waals surface area contributed by atoms with Gasteiger partial charge < -0.3 is 34.3 Å². The Morgan fingerprint density at radius 2 is 0.938 bits per heavy atom. The van der Waals surface area contributed by atoms with Crippen molar-refractivity contribution in [3.05, 3.63) is 48.6 Å². The normalized spacial score (nSPS) is 19.9. The fourth-order valence-electron chi connectivity index (χ4n) is 7.67. The topological polar surface area (TPSA) is 186 Å². The fourth-order valence-corrected chi connectivity index (χ4v) is 8.36. The number of rotatable bonds is 43. The average Bonchev–Trinajstić information content (AvgIpc) is 3.27. The second-order valence-electron chi connectivity index (χ2n) is 17.8. The highest BCUT2D eigenvalue weighted by Crippen LogP contribution is 2.24. The van der Waals surface area contributed by atoms with Gasteiger partial charge >= 0.3 is 11.9 Å². The third-order valence-corrected chi connectivity index (χ3v) is 12.4. The molecule has 12 nitrogen and oxygen atoms in total. The number of ether oxygens (including phenoxy) is 4.